The summed E-state index contributed by atoms with van der Waals surface area (Å²) in [5, 5.41) is 3.96. The van der Waals surface area contributed by atoms with Crippen LogP contribution in [0.5, 0.6) is 0 Å². The molecule has 1 atom stereocenters. The first-order chi connectivity index (χ1) is 18.1. The smallest absolute Gasteiger partial charge is 0.270 e. The number of aryl methyl sites for hydroxylation is 1. The number of anilines is 1. The third-order valence-electron chi connectivity index (χ3n) is 8.07. The molecule has 1 amide bonds. The van der Waals surface area contributed by atoms with Crippen LogP contribution < -0.4 is 11.1 Å². The number of amides is 1. The third kappa shape index (κ3) is 6.57. The van der Waals surface area contributed by atoms with Crippen LogP contribution in [0.2, 0.25) is 0 Å². The van der Waals surface area contributed by atoms with Gasteiger partial charge in [-0.25, -0.2) is 4.98 Å². The number of carbonyl (C=O) groups excluding carboxylic acids is 1. The average molecular weight is 518 g/mol. The van der Waals surface area contributed by atoms with E-state index in [0.717, 1.165) is 54.4 Å². The molecule has 2 heterocycles. The Balaban J connectivity index is 1.07. The summed E-state index contributed by atoms with van der Waals surface area (Å²) in [5.41, 5.74) is 9.83. The van der Waals surface area contributed by atoms with E-state index in [9.17, 15) is 4.79 Å². The van der Waals surface area contributed by atoms with Crippen molar-refractivity contribution >= 4 is 22.4 Å². The van der Waals surface area contributed by atoms with Crippen LogP contribution in [0.1, 0.15) is 72.9 Å². The molecule has 2 aliphatic carbocycles. The second kappa shape index (κ2) is 12.2. The Hall–Kier alpha value is -2.77. The third-order valence-corrected chi connectivity index (χ3v) is 9.02. The van der Waals surface area contributed by atoms with Gasteiger partial charge >= 0.3 is 0 Å². The minimum Gasteiger partial charge on any atom is -0.375 e. The van der Waals surface area contributed by atoms with Gasteiger partial charge in [0, 0.05) is 28.7 Å². The minimum absolute atomic E-state index is 0.0578. The van der Waals surface area contributed by atoms with E-state index in [0.29, 0.717) is 11.7 Å². The van der Waals surface area contributed by atoms with Crippen molar-refractivity contribution in [3.8, 4) is 11.1 Å². The number of benzene rings is 1. The highest BCUT2D eigenvalue weighted by molar-refractivity contribution is 7.15. The minimum atomic E-state index is -0.0578. The van der Waals surface area contributed by atoms with E-state index in [4.69, 9.17) is 5.73 Å². The van der Waals surface area contributed by atoms with E-state index in [1.165, 1.54) is 49.2 Å². The molecular formula is C30H39N5OS. The van der Waals surface area contributed by atoms with Gasteiger partial charge in [0.1, 0.15) is 5.69 Å². The summed E-state index contributed by atoms with van der Waals surface area (Å²) in [4.78, 5) is 25.9. The molecule has 1 saturated carbocycles. The molecule has 6 nitrogen and oxygen atoms in total. The highest BCUT2D eigenvalue weighted by atomic mass is 32.1. The number of hydrogen-bond acceptors (Lipinski definition) is 6. The normalized spacial score (nSPS) is 21.5. The lowest BCUT2D eigenvalue weighted by molar-refractivity contribution is 0.0913. The molecule has 0 bridgehead atoms. The van der Waals surface area contributed by atoms with E-state index in [1.807, 2.05) is 30.3 Å². The summed E-state index contributed by atoms with van der Waals surface area (Å²) < 4.78 is 0. The van der Waals surface area contributed by atoms with Crippen LogP contribution in [-0.4, -0.2) is 45.9 Å². The van der Waals surface area contributed by atoms with Crippen LogP contribution in [0.15, 0.2) is 48.7 Å². The number of nitrogens with zero attached hydrogens (tertiary/aromatic N) is 3. The van der Waals surface area contributed by atoms with E-state index < -0.39 is 0 Å². The Kier molecular flexibility index (Phi) is 8.52. The number of nitrogen functional groups attached to an aromatic ring is 1. The van der Waals surface area contributed by atoms with Crippen molar-refractivity contribution in [1.29, 1.82) is 0 Å². The lowest BCUT2D eigenvalue weighted by Gasteiger charge is -2.36. The lowest BCUT2D eigenvalue weighted by Crippen LogP contribution is -2.41. The van der Waals surface area contributed by atoms with Crippen LogP contribution in [0.3, 0.4) is 0 Å². The standard InChI is InChI=1S/C30H39N5OS/c1-2-17-35(25-13-15-26-28(19-25)37-30(31)34-26)18-16-21-8-11-24(12-9-21)33-29(36)27-14-10-23(20-32-27)22-6-4-3-5-7-22/h3-7,10,14,20-21,24-25H,2,8-9,11-13,15-19H2,1H3,(H2,31,34)(H,33,36). The van der Waals surface area contributed by atoms with Crippen LogP contribution in [0.4, 0.5) is 5.13 Å². The van der Waals surface area contributed by atoms with E-state index >= 15 is 0 Å². The van der Waals surface area contributed by atoms with Crippen molar-refractivity contribution in [2.45, 2.75) is 76.8 Å². The van der Waals surface area contributed by atoms with Gasteiger partial charge in [-0.05, 0) is 88.4 Å². The fourth-order valence-electron chi connectivity index (χ4n) is 5.99. The highest BCUT2D eigenvalue weighted by Gasteiger charge is 2.28. The van der Waals surface area contributed by atoms with Gasteiger partial charge in [-0.3, -0.25) is 9.78 Å². The molecule has 0 spiro atoms. The Morgan fingerprint density at radius 3 is 2.59 bits per heavy atom. The number of nitrogens with one attached hydrogen (secondary N) is 1. The number of aromatic nitrogens is 2. The maximum Gasteiger partial charge on any atom is 0.270 e. The molecule has 7 heteroatoms. The maximum atomic E-state index is 12.8. The number of hydrogen-bond donors (Lipinski definition) is 2. The first-order valence-electron chi connectivity index (χ1n) is 13.9. The van der Waals surface area contributed by atoms with Gasteiger partial charge in [-0.2, -0.15) is 0 Å². The Labute approximate surface area is 224 Å². The van der Waals surface area contributed by atoms with Crippen LogP contribution in [0, 0.1) is 5.92 Å². The van der Waals surface area contributed by atoms with Crippen molar-refractivity contribution in [2.75, 3.05) is 18.8 Å². The van der Waals surface area contributed by atoms with Gasteiger partial charge in [-0.15, -0.1) is 11.3 Å². The Morgan fingerprint density at radius 1 is 1.05 bits per heavy atom. The van der Waals surface area contributed by atoms with Gasteiger partial charge < -0.3 is 16.0 Å². The van der Waals surface area contributed by atoms with Gasteiger partial charge in [0.25, 0.3) is 5.91 Å². The highest BCUT2D eigenvalue weighted by Crippen LogP contribution is 2.32. The second-order valence-electron chi connectivity index (χ2n) is 10.6. The molecule has 0 radical (unpaired) electrons. The summed E-state index contributed by atoms with van der Waals surface area (Å²) in [5.74, 6) is 0.687. The van der Waals surface area contributed by atoms with Crippen LogP contribution in [-0.2, 0) is 12.8 Å². The van der Waals surface area contributed by atoms with Crippen molar-refractivity contribution in [1.82, 2.24) is 20.2 Å². The summed E-state index contributed by atoms with van der Waals surface area (Å²) in [6.07, 6.45) is 12.1. The Morgan fingerprint density at radius 2 is 1.86 bits per heavy atom. The summed E-state index contributed by atoms with van der Waals surface area (Å²) in [6.45, 7) is 4.61. The first kappa shape index (κ1) is 25.9. The van der Waals surface area contributed by atoms with Gasteiger partial charge in [0.15, 0.2) is 5.13 Å². The predicted molar refractivity (Wildman–Crippen MR) is 152 cm³/mol. The van der Waals surface area contributed by atoms with Crippen molar-refractivity contribution < 1.29 is 4.79 Å². The number of pyridine rings is 1. The zero-order valence-electron chi connectivity index (χ0n) is 21.9. The largest absolute Gasteiger partial charge is 0.375 e. The molecule has 5 rings (SSSR count). The molecular weight excluding hydrogens is 478 g/mol. The monoisotopic (exact) mass is 517 g/mol. The van der Waals surface area contributed by atoms with Gasteiger partial charge in [0.05, 0.1) is 5.69 Å². The zero-order valence-corrected chi connectivity index (χ0v) is 22.7. The molecule has 2 aliphatic rings. The molecule has 37 heavy (non-hydrogen) atoms. The lowest BCUT2D eigenvalue weighted by atomic mass is 9.83. The number of rotatable bonds is 9. The molecule has 2 aromatic heterocycles. The number of thiazole rings is 1. The molecule has 1 aromatic carbocycles. The van der Waals surface area contributed by atoms with E-state index in [2.05, 4.69) is 39.2 Å². The summed E-state index contributed by atoms with van der Waals surface area (Å²) in [6, 6.07) is 14.8. The van der Waals surface area contributed by atoms with Gasteiger partial charge in [0.2, 0.25) is 0 Å². The van der Waals surface area contributed by atoms with E-state index in [-0.39, 0.29) is 11.9 Å². The quantitative estimate of drug-likeness (QED) is 0.378. The zero-order chi connectivity index (χ0) is 25.6. The number of carbonyl (C=O) groups is 1. The van der Waals surface area contributed by atoms with Crippen molar-refractivity contribution in [3.05, 3.63) is 64.9 Å². The molecule has 0 saturated heterocycles. The molecule has 3 aromatic rings. The number of fused-ring (bicyclic) bond motifs is 1. The molecule has 196 valence electrons. The van der Waals surface area contributed by atoms with E-state index in [1.54, 1.807) is 17.5 Å². The maximum absolute atomic E-state index is 12.8. The molecule has 1 fully saturated rings. The molecule has 0 aliphatic heterocycles. The fourth-order valence-corrected chi connectivity index (χ4v) is 6.94. The van der Waals surface area contributed by atoms with Crippen LogP contribution in [0.25, 0.3) is 11.1 Å². The molecule has 1 unspecified atom stereocenters. The second-order valence-corrected chi connectivity index (χ2v) is 11.7. The van der Waals surface area contributed by atoms with Crippen molar-refractivity contribution in [2.24, 2.45) is 5.92 Å². The first-order valence-corrected chi connectivity index (χ1v) is 14.7. The topological polar surface area (TPSA) is 84.1 Å². The molecule has 3 N–H and O–H groups in total. The van der Waals surface area contributed by atoms with Crippen LogP contribution >= 0.6 is 11.3 Å². The SMILES string of the molecule is CCCN(CCC1CCC(NC(=O)c2ccc(-c3ccccc3)cn2)CC1)C1CCc2nc(N)sc2C1. The Bertz CT molecular complexity index is 1150. The number of nitrogens with two attached hydrogens (primary N) is 1. The fraction of sp³-hybridized carbons (Fsp3) is 0.500. The average Bonchev–Trinajstić information content (AvgIpc) is 3.31. The summed E-state index contributed by atoms with van der Waals surface area (Å²) >= 11 is 1.68. The van der Waals surface area contributed by atoms with Gasteiger partial charge in [-0.1, -0.05) is 43.3 Å². The predicted octanol–water partition coefficient (Wildman–Crippen LogP) is 5.74. The summed E-state index contributed by atoms with van der Waals surface area (Å²) in [7, 11) is 0. The van der Waals surface area contributed by atoms with Crippen molar-refractivity contribution in [3.63, 3.8) is 0 Å².